The topological polar surface area (TPSA) is 14.2 Å². The largest absolute Gasteiger partial charge is 0.496 e. The molecule has 94 valence electrons. The number of fused-ring (bicyclic) bond motifs is 3. The average Bonchev–Trinajstić information content (AvgIpc) is 2.62. The van der Waals surface area contributed by atoms with Gasteiger partial charge in [-0.25, -0.2) is 0 Å². The van der Waals surface area contributed by atoms with Gasteiger partial charge in [0.25, 0.3) is 0 Å². The molecule has 2 heterocycles. The van der Waals surface area contributed by atoms with Crippen molar-refractivity contribution in [3.05, 3.63) is 54.1 Å². The van der Waals surface area contributed by atoms with E-state index in [1.807, 2.05) is 0 Å². The summed E-state index contributed by atoms with van der Waals surface area (Å²) in [6.45, 7) is 0.935. The number of allylic oxidation sites excluding steroid dienone is 2. The van der Waals surface area contributed by atoms with Crippen LogP contribution in [0.25, 0.3) is 21.8 Å². The molecule has 1 aromatic heterocycles. The third-order valence-electron chi connectivity index (χ3n) is 3.99. The summed E-state index contributed by atoms with van der Waals surface area (Å²) in [6.07, 6.45) is 5.42. The zero-order chi connectivity index (χ0) is 12.8. The molecular formula is C17H15NO. The van der Waals surface area contributed by atoms with Gasteiger partial charge in [-0.05, 0) is 24.6 Å². The van der Waals surface area contributed by atoms with Crippen LogP contribution in [-0.2, 0) is 13.0 Å². The first-order chi connectivity index (χ1) is 9.40. The van der Waals surface area contributed by atoms with E-state index < -0.39 is 0 Å². The number of para-hydroxylation sites is 1. The Balaban J connectivity index is 2.26. The molecule has 2 heteroatoms. The third-order valence-corrected chi connectivity index (χ3v) is 3.99. The lowest BCUT2D eigenvalue weighted by atomic mass is 10.1. The fourth-order valence-corrected chi connectivity index (χ4v) is 3.16. The van der Waals surface area contributed by atoms with E-state index >= 15 is 0 Å². The number of methoxy groups -OCH3 is 1. The van der Waals surface area contributed by atoms with Crippen LogP contribution in [0.2, 0.25) is 0 Å². The summed E-state index contributed by atoms with van der Waals surface area (Å²) < 4.78 is 7.93. The summed E-state index contributed by atoms with van der Waals surface area (Å²) in [5.41, 5.74) is 3.93. The molecule has 0 radical (unpaired) electrons. The first-order valence-electron chi connectivity index (χ1n) is 6.62. The maximum Gasteiger partial charge on any atom is 0.124 e. The minimum Gasteiger partial charge on any atom is -0.496 e. The van der Waals surface area contributed by atoms with E-state index in [4.69, 9.17) is 4.74 Å². The second-order valence-corrected chi connectivity index (χ2v) is 4.95. The van der Waals surface area contributed by atoms with Crippen molar-refractivity contribution in [2.75, 3.05) is 7.11 Å². The molecule has 2 aromatic carbocycles. The molecule has 0 bridgehead atoms. The van der Waals surface area contributed by atoms with Gasteiger partial charge in [0.05, 0.1) is 12.6 Å². The van der Waals surface area contributed by atoms with Crippen molar-refractivity contribution in [2.45, 2.75) is 13.0 Å². The summed E-state index contributed by atoms with van der Waals surface area (Å²) in [4.78, 5) is 0. The molecular weight excluding hydrogens is 234 g/mol. The van der Waals surface area contributed by atoms with Crippen LogP contribution in [0.4, 0.5) is 0 Å². The van der Waals surface area contributed by atoms with Gasteiger partial charge in [-0.15, -0.1) is 0 Å². The Bertz CT molecular complexity index is 811. The molecule has 3 aromatic rings. The summed E-state index contributed by atoms with van der Waals surface area (Å²) in [7, 11) is 1.75. The molecule has 4 rings (SSSR count). The van der Waals surface area contributed by atoms with Crippen LogP contribution in [0.15, 0.2) is 48.6 Å². The quantitative estimate of drug-likeness (QED) is 0.596. The van der Waals surface area contributed by atoms with Gasteiger partial charge in [-0.1, -0.05) is 30.4 Å². The molecule has 1 aliphatic heterocycles. The zero-order valence-corrected chi connectivity index (χ0v) is 10.9. The first-order valence-corrected chi connectivity index (χ1v) is 6.62. The van der Waals surface area contributed by atoms with E-state index in [-0.39, 0.29) is 0 Å². The van der Waals surface area contributed by atoms with Crippen molar-refractivity contribution in [2.24, 2.45) is 0 Å². The molecule has 0 aliphatic carbocycles. The van der Waals surface area contributed by atoms with Gasteiger partial charge in [0.1, 0.15) is 5.75 Å². The van der Waals surface area contributed by atoms with Gasteiger partial charge < -0.3 is 9.30 Å². The Morgan fingerprint density at radius 3 is 2.79 bits per heavy atom. The van der Waals surface area contributed by atoms with Gasteiger partial charge in [-0.3, -0.25) is 0 Å². The standard InChI is InChI=1S/C17H15NO/c1-19-16-10-9-13-12-6-2-3-8-15(12)18-11-5-4-7-14(16)17(13)18/h2-6,8-10H,7,11H2,1H3. The molecule has 0 N–H and O–H groups in total. The van der Waals surface area contributed by atoms with Crippen molar-refractivity contribution >= 4 is 21.8 Å². The van der Waals surface area contributed by atoms with Crippen molar-refractivity contribution in [1.29, 1.82) is 0 Å². The lowest BCUT2D eigenvalue weighted by Crippen LogP contribution is -1.97. The van der Waals surface area contributed by atoms with Crippen molar-refractivity contribution in [1.82, 2.24) is 4.57 Å². The summed E-state index contributed by atoms with van der Waals surface area (Å²) >= 11 is 0. The van der Waals surface area contributed by atoms with Crippen LogP contribution >= 0.6 is 0 Å². The number of aromatic nitrogens is 1. The van der Waals surface area contributed by atoms with Gasteiger partial charge in [0.2, 0.25) is 0 Å². The number of rotatable bonds is 1. The van der Waals surface area contributed by atoms with E-state index in [1.54, 1.807) is 7.11 Å². The Hall–Kier alpha value is -2.22. The predicted octanol–water partition coefficient (Wildman–Crippen LogP) is 3.92. The van der Waals surface area contributed by atoms with E-state index in [0.29, 0.717) is 0 Å². The zero-order valence-electron chi connectivity index (χ0n) is 10.9. The predicted molar refractivity (Wildman–Crippen MR) is 78.8 cm³/mol. The molecule has 0 saturated heterocycles. The molecule has 0 saturated carbocycles. The Morgan fingerprint density at radius 2 is 1.89 bits per heavy atom. The van der Waals surface area contributed by atoms with E-state index in [0.717, 1.165) is 18.7 Å². The summed E-state index contributed by atoms with van der Waals surface area (Å²) in [5, 5.41) is 2.66. The maximum absolute atomic E-state index is 5.54. The highest BCUT2D eigenvalue weighted by Crippen LogP contribution is 2.36. The van der Waals surface area contributed by atoms with E-state index in [2.05, 4.69) is 53.1 Å². The van der Waals surface area contributed by atoms with Crippen molar-refractivity contribution in [3.8, 4) is 5.75 Å². The Morgan fingerprint density at radius 1 is 1.00 bits per heavy atom. The molecule has 0 fully saturated rings. The summed E-state index contributed by atoms with van der Waals surface area (Å²) in [5.74, 6) is 0.989. The number of nitrogens with zero attached hydrogens (tertiary/aromatic N) is 1. The first kappa shape index (κ1) is 10.7. The Labute approximate surface area is 111 Å². The molecule has 19 heavy (non-hydrogen) atoms. The van der Waals surface area contributed by atoms with E-state index in [1.165, 1.54) is 27.4 Å². The highest BCUT2D eigenvalue weighted by atomic mass is 16.5. The summed E-state index contributed by atoms with van der Waals surface area (Å²) in [6, 6.07) is 12.9. The lowest BCUT2D eigenvalue weighted by Gasteiger charge is -2.09. The maximum atomic E-state index is 5.54. The number of hydrogen-bond acceptors (Lipinski definition) is 1. The molecule has 1 aliphatic rings. The van der Waals surface area contributed by atoms with Crippen molar-refractivity contribution < 1.29 is 4.74 Å². The lowest BCUT2D eigenvalue weighted by molar-refractivity contribution is 0.411. The minimum absolute atomic E-state index is 0.935. The molecule has 0 amide bonds. The van der Waals surface area contributed by atoms with Crippen LogP contribution < -0.4 is 4.74 Å². The fourth-order valence-electron chi connectivity index (χ4n) is 3.16. The minimum atomic E-state index is 0.935. The normalized spacial score (nSPS) is 13.9. The van der Waals surface area contributed by atoms with Crippen LogP contribution in [0.1, 0.15) is 5.56 Å². The highest BCUT2D eigenvalue weighted by molar-refractivity contribution is 6.09. The number of benzene rings is 2. The molecule has 2 nitrogen and oxygen atoms in total. The van der Waals surface area contributed by atoms with Gasteiger partial charge in [-0.2, -0.15) is 0 Å². The van der Waals surface area contributed by atoms with Crippen LogP contribution in [0, 0.1) is 0 Å². The van der Waals surface area contributed by atoms with Gasteiger partial charge in [0.15, 0.2) is 0 Å². The van der Waals surface area contributed by atoms with Crippen LogP contribution in [0.3, 0.4) is 0 Å². The third kappa shape index (κ3) is 1.37. The monoisotopic (exact) mass is 249 g/mol. The van der Waals surface area contributed by atoms with Gasteiger partial charge in [0, 0.05) is 28.4 Å². The number of ether oxygens (including phenoxy) is 1. The van der Waals surface area contributed by atoms with Crippen molar-refractivity contribution in [3.63, 3.8) is 0 Å². The van der Waals surface area contributed by atoms with Crippen LogP contribution in [-0.4, -0.2) is 11.7 Å². The second kappa shape index (κ2) is 3.89. The van der Waals surface area contributed by atoms with Crippen LogP contribution in [0.5, 0.6) is 5.75 Å². The highest BCUT2D eigenvalue weighted by Gasteiger charge is 2.17. The molecule has 0 atom stereocenters. The fraction of sp³-hybridized carbons (Fsp3) is 0.176. The number of hydrogen-bond donors (Lipinski definition) is 0. The average molecular weight is 249 g/mol. The Kier molecular flexibility index (Phi) is 2.18. The molecule has 0 unspecified atom stereocenters. The van der Waals surface area contributed by atoms with Gasteiger partial charge >= 0.3 is 0 Å². The molecule has 0 spiro atoms. The smallest absolute Gasteiger partial charge is 0.124 e. The second-order valence-electron chi connectivity index (χ2n) is 4.95. The SMILES string of the molecule is COc1ccc2c3ccccc3n3c2c1CC=CC3. The van der Waals surface area contributed by atoms with E-state index in [9.17, 15) is 0 Å².